The van der Waals surface area contributed by atoms with Crippen molar-refractivity contribution in [3.63, 3.8) is 0 Å². The number of hydrogen-bond acceptors (Lipinski definition) is 6. The number of nitrogens with one attached hydrogen (secondary N) is 1. The fourth-order valence-corrected chi connectivity index (χ4v) is 3.55. The lowest BCUT2D eigenvalue weighted by molar-refractivity contribution is -0.137. The van der Waals surface area contributed by atoms with Crippen LogP contribution < -0.4 is 10.1 Å². The molecule has 0 atom stereocenters. The second kappa shape index (κ2) is 8.18. The summed E-state index contributed by atoms with van der Waals surface area (Å²) in [6, 6.07) is 12.1. The van der Waals surface area contributed by atoms with Crippen molar-refractivity contribution in [1.82, 2.24) is 29.1 Å². The zero-order valence-corrected chi connectivity index (χ0v) is 18.1. The summed E-state index contributed by atoms with van der Waals surface area (Å²) in [5.41, 5.74) is 2.79. The summed E-state index contributed by atoms with van der Waals surface area (Å²) >= 11 is 0. The molecular formula is C23H18F3N7O. The van der Waals surface area contributed by atoms with Crippen LogP contribution in [0.25, 0.3) is 22.7 Å². The monoisotopic (exact) mass is 465 g/mol. The van der Waals surface area contributed by atoms with Crippen LogP contribution in [0.3, 0.4) is 0 Å². The molecule has 0 amide bonds. The topological polar surface area (TPSA) is 82.2 Å². The van der Waals surface area contributed by atoms with Crippen molar-refractivity contribution in [2.45, 2.75) is 13.1 Å². The van der Waals surface area contributed by atoms with Gasteiger partial charge in [0.2, 0.25) is 5.95 Å². The Hall–Kier alpha value is -4.41. The molecule has 172 valence electrons. The molecule has 8 nitrogen and oxygen atoms in total. The van der Waals surface area contributed by atoms with Crippen LogP contribution in [0.1, 0.15) is 11.3 Å². The Labute approximate surface area is 191 Å². The third-order valence-electron chi connectivity index (χ3n) is 5.17. The van der Waals surface area contributed by atoms with Crippen molar-refractivity contribution in [3.8, 4) is 22.7 Å². The number of ether oxygens (including phenoxy) is 1. The van der Waals surface area contributed by atoms with Gasteiger partial charge in [-0.1, -0.05) is 12.1 Å². The molecule has 34 heavy (non-hydrogen) atoms. The summed E-state index contributed by atoms with van der Waals surface area (Å²) in [5, 5.41) is 7.57. The van der Waals surface area contributed by atoms with Crippen molar-refractivity contribution >= 4 is 17.4 Å². The third kappa shape index (κ3) is 4.03. The van der Waals surface area contributed by atoms with Gasteiger partial charge in [0.1, 0.15) is 5.75 Å². The second-order valence-corrected chi connectivity index (χ2v) is 7.49. The number of alkyl halides is 3. The van der Waals surface area contributed by atoms with E-state index in [1.165, 1.54) is 22.8 Å². The highest BCUT2D eigenvalue weighted by atomic mass is 19.4. The Balaban J connectivity index is 1.46. The molecule has 5 rings (SSSR count). The van der Waals surface area contributed by atoms with E-state index in [0.717, 1.165) is 23.5 Å². The normalized spacial score (nSPS) is 11.7. The number of aryl methyl sites for hydroxylation is 1. The van der Waals surface area contributed by atoms with E-state index >= 15 is 0 Å². The third-order valence-corrected chi connectivity index (χ3v) is 5.17. The molecule has 0 aliphatic carbocycles. The van der Waals surface area contributed by atoms with Gasteiger partial charge in [-0.15, -0.1) is 5.10 Å². The Morgan fingerprint density at radius 2 is 1.79 bits per heavy atom. The van der Waals surface area contributed by atoms with Crippen LogP contribution in [0.5, 0.6) is 5.75 Å². The van der Waals surface area contributed by atoms with Crippen molar-refractivity contribution < 1.29 is 17.9 Å². The van der Waals surface area contributed by atoms with Gasteiger partial charge in [-0.25, -0.2) is 9.97 Å². The van der Waals surface area contributed by atoms with Crippen LogP contribution in [0, 0.1) is 6.92 Å². The number of anilines is 2. The molecule has 0 aliphatic heterocycles. The lowest BCUT2D eigenvalue weighted by Gasteiger charge is -2.11. The van der Waals surface area contributed by atoms with E-state index in [1.54, 1.807) is 25.6 Å². The summed E-state index contributed by atoms with van der Waals surface area (Å²) in [6.45, 7) is 1.90. The number of hydrogen-bond donors (Lipinski definition) is 1. The zero-order chi connectivity index (χ0) is 23.9. The predicted molar refractivity (Wildman–Crippen MR) is 119 cm³/mol. The molecule has 0 aliphatic rings. The van der Waals surface area contributed by atoms with Crippen LogP contribution in [0.2, 0.25) is 0 Å². The lowest BCUT2D eigenvalue weighted by atomic mass is 10.1. The lowest BCUT2D eigenvalue weighted by Crippen LogP contribution is -2.04. The maximum absolute atomic E-state index is 12.9. The quantitative estimate of drug-likeness (QED) is 0.391. The van der Waals surface area contributed by atoms with Gasteiger partial charge in [-0.2, -0.15) is 22.7 Å². The SMILES string of the molecule is COc1cc(Nc2nc3nccc(-c4ccc(C(F)(F)F)cc4)n3n2)ccc1-n1cnc(C)c1. The number of nitrogens with zero attached hydrogens (tertiary/aromatic N) is 6. The van der Waals surface area contributed by atoms with Gasteiger partial charge in [0, 0.05) is 29.7 Å². The molecule has 2 aromatic carbocycles. The Morgan fingerprint density at radius 1 is 1.00 bits per heavy atom. The van der Waals surface area contributed by atoms with Crippen molar-refractivity contribution in [2.24, 2.45) is 0 Å². The number of rotatable bonds is 5. The molecule has 3 aromatic heterocycles. The Kier molecular flexibility index (Phi) is 5.16. The van der Waals surface area contributed by atoms with Gasteiger partial charge >= 0.3 is 6.18 Å². The summed E-state index contributed by atoms with van der Waals surface area (Å²) in [4.78, 5) is 12.8. The van der Waals surface area contributed by atoms with Crippen molar-refractivity contribution in [2.75, 3.05) is 12.4 Å². The van der Waals surface area contributed by atoms with E-state index in [9.17, 15) is 13.2 Å². The average molecular weight is 465 g/mol. The van der Waals surface area contributed by atoms with Crippen LogP contribution in [-0.2, 0) is 6.18 Å². The minimum atomic E-state index is -4.40. The molecule has 1 N–H and O–H groups in total. The van der Waals surface area contributed by atoms with Gasteiger partial charge in [-0.3, -0.25) is 0 Å². The zero-order valence-electron chi connectivity index (χ0n) is 18.1. The van der Waals surface area contributed by atoms with Crippen LogP contribution in [0.15, 0.2) is 67.3 Å². The first-order valence-electron chi connectivity index (χ1n) is 10.2. The molecular weight excluding hydrogens is 447 g/mol. The first kappa shape index (κ1) is 21.4. The number of imidazole rings is 1. The number of halogens is 3. The van der Waals surface area contributed by atoms with E-state index in [-0.39, 0.29) is 5.95 Å². The number of aromatic nitrogens is 6. The van der Waals surface area contributed by atoms with Gasteiger partial charge < -0.3 is 14.6 Å². The largest absolute Gasteiger partial charge is 0.494 e. The minimum absolute atomic E-state index is 0.278. The maximum Gasteiger partial charge on any atom is 0.416 e. The standard InChI is InChI=1S/C23H18F3N7O/c1-14-12-32(13-28-14)19-8-7-17(11-20(19)34-2)29-21-30-22-27-10-9-18(33(22)31-21)15-3-5-16(6-4-15)23(24,25)26/h3-13H,1-2H3,(H,29,31). The van der Waals surface area contributed by atoms with Crippen LogP contribution in [0.4, 0.5) is 24.8 Å². The number of benzene rings is 2. The van der Waals surface area contributed by atoms with Crippen LogP contribution in [-0.4, -0.2) is 36.2 Å². The average Bonchev–Trinajstić information content (AvgIpc) is 3.44. The maximum atomic E-state index is 12.9. The molecule has 0 saturated heterocycles. The molecule has 0 unspecified atom stereocenters. The molecule has 5 aromatic rings. The van der Waals surface area contributed by atoms with Crippen molar-refractivity contribution in [1.29, 1.82) is 0 Å². The van der Waals surface area contributed by atoms with E-state index < -0.39 is 11.7 Å². The predicted octanol–water partition coefficient (Wildman–Crippen LogP) is 5.06. The molecule has 3 heterocycles. The Bertz CT molecular complexity index is 1470. The molecule has 0 spiro atoms. The van der Waals surface area contributed by atoms with Gasteiger partial charge in [0.15, 0.2) is 0 Å². The second-order valence-electron chi connectivity index (χ2n) is 7.49. The summed E-state index contributed by atoms with van der Waals surface area (Å²) in [5.74, 6) is 1.20. The van der Waals surface area contributed by atoms with E-state index in [4.69, 9.17) is 4.74 Å². The number of methoxy groups -OCH3 is 1. The van der Waals surface area contributed by atoms with E-state index in [2.05, 4.69) is 25.4 Å². The van der Waals surface area contributed by atoms with Gasteiger partial charge in [0.25, 0.3) is 5.78 Å². The highest BCUT2D eigenvalue weighted by molar-refractivity contribution is 5.65. The molecule has 0 bridgehead atoms. The molecule has 0 saturated carbocycles. The van der Waals surface area contributed by atoms with E-state index in [1.807, 2.05) is 29.8 Å². The number of fused-ring (bicyclic) bond motifs is 1. The fourth-order valence-electron chi connectivity index (χ4n) is 3.55. The van der Waals surface area contributed by atoms with E-state index in [0.29, 0.717) is 28.5 Å². The van der Waals surface area contributed by atoms with Crippen molar-refractivity contribution in [3.05, 3.63) is 78.5 Å². The van der Waals surface area contributed by atoms with Gasteiger partial charge in [-0.05, 0) is 37.3 Å². The molecule has 0 radical (unpaired) electrons. The first-order chi connectivity index (χ1) is 16.3. The summed E-state index contributed by atoms with van der Waals surface area (Å²) < 4.78 is 47.6. The van der Waals surface area contributed by atoms with Gasteiger partial charge in [0.05, 0.1) is 36.1 Å². The molecule has 0 fully saturated rings. The first-order valence-corrected chi connectivity index (χ1v) is 10.2. The Morgan fingerprint density at radius 3 is 2.47 bits per heavy atom. The molecule has 11 heteroatoms. The summed E-state index contributed by atoms with van der Waals surface area (Å²) in [7, 11) is 1.58. The summed E-state index contributed by atoms with van der Waals surface area (Å²) in [6.07, 6.45) is 0.733. The fraction of sp³-hybridized carbons (Fsp3) is 0.130. The smallest absolute Gasteiger partial charge is 0.416 e. The highest BCUT2D eigenvalue weighted by Crippen LogP contribution is 2.31. The highest BCUT2D eigenvalue weighted by Gasteiger charge is 2.30. The minimum Gasteiger partial charge on any atom is -0.494 e. The van der Waals surface area contributed by atoms with Crippen LogP contribution >= 0.6 is 0 Å².